The smallest absolute Gasteiger partial charge is 0.255 e. The van der Waals surface area contributed by atoms with Crippen molar-refractivity contribution in [3.8, 4) is 0 Å². The molecule has 0 bridgehead atoms. The number of hydrogen-bond acceptors (Lipinski definition) is 4. The first-order valence-electron chi connectivity index (χ1n) is 8.83. The van der Waals surface area contributed by atoms with Crippen LogP contribution in [-0.4, -0.2) is 36.1 Å². The summed E-state index contributed by atoms with van der Waals surface area (Å²) < 4.78 is 0. The Kier molecular flexibility index (Phi) is 5.18. The molecule has 2 heterocycles. The molecule has 0 aliphatic carbocycles. The summed E-state index contributed by atoms with van der Waals surface area (Å²) in [5, 5.41) is 0. The van der Waals surface area contributed by atoms with Crippen molar-refractivity contribution in [1.82, 2.24) is 9.97 Å². The topological polar surface area (TPSA) is 52.2 Å². The largest absolute Gasteiger partial charge is 0.368 e. The first kappa shape index (κ1) is 16.6. The number of anilines is 2. The van der Waals surface area contributed by atoms with E-state index in [1.54, 1.807) is 0 Å². The molecule has 0 saturated carbocycles. The predicted octanol–water partition coefficient (Wildman–Crippen LogP) is 2.75. The maximum atomic E-state index is 12.4. The number of rotatable bonds is 5. The Morgan fingerprint density at radius 2 is 1.75 bits per heavy atom. The first-order valence-corrected chi connectivity index (χ1v) is 8.83. The highest BCUT2D eigenvalue weighted by atomic mass is 16.1. The third-order valence-electron chi connectivity index (χ3n) is 4.69. The van der Waals surface area contributed by atoms with Gasteiger partial charge in [0.05, 0.1) is 0 Å². The summed E-state index contributed by atoms with van der Waals surface area (Å²) in [5.74, 6) is 0.713. The highest BCUT2D eigenvalue weighted by Crippen LogP contribution is 2.18. The van der Waals surface area contributed by atoms with Crippen LogP contribution in [0.4, 0.5) is 11.6 Å². The Bertz CT molecular complexity index is 718. The summed E-state index contributed by atoms with van der Waals surface area (Å²) in [7, 11) is 0. The summed E-state index contributed by atoms with van der Waals surface area (Å²) in [6.07, 6.45) is 2.93. The number of aromatic nitrogens is 2. The minimum atomic E-state index is 0.0245. The maximum absolute atomic E-state index is 12.4. The number of nitrogens with zero attached hydrogens (tertiary/aromatic N) is 3. The molecule has 1 aliphatic rings. The number of unbranched alkanes of at least 4 members (excludes halogenated alkanes) is 1. The molecule has 0 unspecified atom stereocenters. The lowest BCUT2D eigenvalue weighted by molar-refractivity contribution is 0.636. The van der Waals surface area contributed by atoms with Crippen molar-refractivity contribution in [2.75, 3.05) is 36.0 Å². The Hall–Kier alpha value is -2.30. The predicted molar refractivity (Wildman–Crippen MR) is 99.1 cm³/mol. The standard InChI is InChI=1S/C19H26N4O/c1-3-4-10-17-15(2)20-19(21-18(17)24)23-13-11-22(12-14-23)16-8-6-5-7-9-16/h5-9H,3-4,10-14H2,1-2H3,(H,20,21,24). The van der Waals surface area contributed by atoms with Gasteiger partial charge in [0.25, 0.3) is 5.56 Å². The van der Waals surface area contributed by atoms with Crippen molar-refractivity contribution in [3.63, 3.8) is 0 Å². The second-order valence-electron chi connectivity index (χ2n) is 6.37. The average molecular weight is 326 g/mol. The van der Waals surface area contributed by atoms with Gasteiger partial charge in [0.15, 0.2) is 0 Å². The van der Waals surface area contributed by atoms with E-state index in [4.69, 9.17) is 0 Å². The molecule has 24 heavy (non-hydrogen) atoms. The summed E-state index contributed by atoms with van der Waals surface area (Å²) in [5.41, 5.74) is 2.98. The molecule has 1 aromatic carbocycles. The van der Waals surface area contributed by atoms with Gasteiger partial charge in [-0.1, -0.05) is 31.5 Å². The van der Waals surface area contributed by atoms with Crippen LogP contribution < -0.4 is 15.4 Å². The normalized spacial score (nSPS) is 14.9. The number of H-pyrrole nitrogens is 1. The summed E-state index contributed by atoms with van der Waals surface area (Å²) in [4.78, 5) is 24.6. The highest BCUT2D eigenvalue weighted by molar-refractivity contribution is 5.48. The van der Waals surface area contributed by atoms with E-state index in [9.17, 15) is 4.79 Å². The van der Waals surface area contributed by atoms with Crippen LogP contribution in [0.15, 0.2) is 35.1 Å². The number of nitrogens with one attached hydrogen (secondary N) is 1. The molecule has 1 aromatic heterocycles. The zero-order chi connectivity index (χ0) is 16.9. The summed E-state index contributed by atoms with van der Waals surface area (Å²) in [6, 6.07) is 10.5. The fourth-order valence-corrected chi connectivity index (χ4v) is 3.21. The molecule has 3 rings (SSSR count). The molecular formula is C19H26N4O. The van der Waals surface area contributed by atoms with Crippen molar-refractivity contribution in [2.24, 2.45) is 0 Å². The molecule has 128 valence electrons. The van der Waals surface area contributed by atoms with Crippen LogP contribution in [-0.2, 0) is 6.42 Å². The number of aromatic amines is 1. The maximum Gasteiger partial charge on any atom is 0.255 e. The van der Waals surface area contributed by atoms with Gasteiger partial charge in [-0.05, 0) is 31.9 Å². The minimum absolute atomic E-state index is 0.0245. The van der Waals surface area contributed by atoms with Crippen molar-refractivity contribution in [2.45, 2.75) is 33.1 Å². The van der Waals surface area contributed by atoms with Crippen LogP contribution in [0, 0.1) is 6.92 Å². The average Bonchev–Trinajstić information content (AvgIpc) is 2.62. The highest BCUT2D eigenvalue weighted by Gasteiger charge is 2.20. The van der Waals surface area contributed by atoms with Crippen molar-refractivity contribution in [1.29, 1.82) is 0 Å². The molecule has 5 nitrogen and oxygen atoms in total. The molecule has 0 radical (unpaired) electrons. The van der Waals surface area contributed by atoms with Gasteiger partial charge < -0.3 is 9.80 Å². The van der Waals surface area contributed by atoms with Crippen LogP contribution in [0.2, 0.25) is 0 Å². The Morgan fingerprint density at radius 1 is 1.08 bits per heavy atom. The second-order valence-corrected chi connectivity index (χ2v) is 6.37. The van der Waals surface area contributed by atoms with Crippen molar-refractivity contribution < 1.29 is 0 Å². The molecule has 5 heteroatoms. The van der Waals surface area contributed by atoms with Gasteiger partial charge in [-0.15, -0.1) is 0 Å². The van der Waals surface area contributed by atoms with Crippen LogP contribution in [0.1, 0.15) is 31.0 Å². The zero-order valence-corrected chi connectivity index (χ0v) is 14.6. The Balaban J connectivity index is 1.69. The molecule has 0 amide bonds. The summed E-state index contributed by atoms with van der Waals surface area (Å²) >= 11 is 0. The second kappa shape index (κ2) is 7.51. The molecule has 1 saturated heterocycles. The van der Waals surface area contributed by atoms with Gasteiger partial charge in [-0.3, -0.25) is 9.78 Å². The molecule has 1 fully saturated rings. The number of hydrogen-bond donors (Lipinski definition) is 1. The number of piperazine rings is 1. The third kappa shape index (κ3) is 3.61. The van der Waals surface area contributed by atoms with Gasteiger partial charge in [0.1, 0.15) is 0 Å². The van der Waals surface area contributed by atoms with Gasteiger partial charge in [0.2, 0.25) is 5.95 Å². The van der Waals surface area contributed by atoms with E-state index in [0.717, 1.165) is 56.7 Å². The first-order chi connectivity index (χ1) is 11.7. The molecule has 0 atom stereocenters. The molecular weight excluding hydrogens is 300 g/mol. The van der Waals surface area contributed by atoms with E-state index in [1.807, 2.05) is 13.0 Å². The van der Waals surface area contributed by atoms with Crippen molar-refractivity contribution >= 4 is 11.6 Å². The molecule has 2 aromatic rings. The summed E-state index contributed by atoms with van der Waals surface area (Å²) in [6.45, 7) is 7.69. The fraction of sp³-hybridized carbons (Fsp3) is 0.474. The SMILES string of the molecule is CCCCc1c(C)nc(N2CCN(c3ccccc3)CC2)[nH]c1=O. The fourth-order valence-electron chi connectivity index (χ4n) is 3.21. The van der Waals surface area contributed by atoms with Gasteiger partial charge in [-0.25, -0.2) is 4.98 Å². The molecule has 0 spiro atoms. The zero-order valence-electron chi connectivity index (χ0n) is 14.6. The molecule has 1 aliphatic heterocycles. The number of para-hydroxylation sites is 1. The van der Waals surface area contributed by atoms with Gasteiger partial charge in [-0.2, -0.15) is 0 Å². The van der Waals surface area contributed by atoms with Crippen molar-refractivity contribution in [3.05, 3.63) is 51.9 Å². The van der Waals surface area contributed by atoms with E-state index in [2.05, 4.69) is 51.0 Å². The third-order valence-corrected chi connectivity index (χ3v) is 4.69. The van der Waals surface area contributed by atoms with E-state index >= 15 is 0 Å². The molecule has 1 N–H and O–H groups in total. The minimum Gasteiger partial charge on any atom is -0.368 e. The van der Waals surface area contributed by atoms with Gasteiger partial charge in [0, 0.05) is 43.1 Å². The lowest BCUT2D eigenvalue weighted by atomic mass is 10.1. The number of benzene rings is 1. The number of aryl methyl sites for hydroxylation is 1. The van der Waals surface area contributed by atoms with Gasteiger partial charge >= 0.3 is 0 Å². The van der Waals surface area contributed by atoms with Crippen LogP contribution in [0.5, 0.6) is 0 Å². The van der Waals surface area contributed by atoms with Crippen LogP contribution in [0.25, 0.3) is 0 Å². The monoisotopic (exact) mass is 326 g/mol. The quantitative estimate of drug-likeness (QED) is 0.918. The van der Waals surface area contributed by atoms with E-state index < -0.39 is 0 Å². The van der Waals surface area contributed by atoms with Crippen LogP contribution >= 0.6 is 0 Å². The van der Waals surface area contributed by atoms with E-state index in [-0.39, 0.29) is 5.56 Å². The Labute approximate surface area is 143 Å². The lowest BCUT2D eigenvalue weighted by Crippen LogP contribution is -2.47. The lowest BCUT2D eigenvalue weighted by Gasteiger charge is -2.36. The Morgan fingerprint density at radius 3 is 2.38 bits per heavy atom. The van der Waals surface area contributed by atoms with Crippen LogP contribution in [0.3, 0.4) is 0 Å². The van der Waals surface area contributed by atoms with E-state index in [0.29, 0.717) is 5.95 Å². The van der Waals surface area contributed by atoms with E-state index in [1.165, 1.54) is 5.69 Å².